The number of hydrogen-bond donors (Lipinski definition) is 2. The third-order valence-electron chi connectivity index (χ3n) is 4.35. The minimum atomic E-state index is -5.68. The Morgan fingerprint density at radius 1 is 1.00 bits per heavy atom. The third kappa shape index (κ3) is 6.62. The van der Waals surface area contributed by atoms with Gasteiger partial charge in [0.1, 0.15) is 11.3 Å². The normalized spacial score (nSPS) is 12.4. The topological polar surface area (TPSA) is 58.2 Å². The molecular weight excluding hydrogens is 477 g/mol. The molecule has 1 atom stereocenters. The number of amides is 2. The van der Waals surface area contributed by atoms with Crippen LogP contribution in [0.5, 0.6) is 0 Å². The van der Waals surface area contributed by atoms with Crippen molar-refractivity contribution in [1.82, 2.24) is 0 Å². The smallest absolute Gasteiger partial charge is 0.326 e. The Balaban J connectivity index is 2.16. The van der Waals surface area contributed by atoms with Crippen molar-refractivity contribution in [3.05, 3.63) is 53.1 Å². The summed E-state index contributed by atoms with van der Waals surface area (Å²) in [6, 6.07) is 6.31. The van der Waals surface area contributed by atoms with Gasteiger partial charge in [0.25, 0.3) is 0 Å². The zero-order valence-electron chi connectivity index (χ0n) is 17.4. The highest BCUT2D eigenvalue weighted by Crippen LogP contribution is 2.38. The molecule has 2 aromatic carbocycles. The molecule has 12 heteroatoms. The molecule has 0 aliphatic carbocycles. The van der Waals surface area contributed by atoms with Crippen molar-refractivity contribution in [1.29, 1.82) is 0 Å². The maximum absolute atomic E-state index is 14.0. The Labute approximate surface area is 188 Å². The molecule has 0 aromatic heterocycles. The molecule has 1 unspecified atom stereocenters. The molecule has 0 heterocycles. The van der Waals surface area contributed by atoms with Crippen molar-refractivity contribution >= 4 is 35.0 Å². The van der Waals surface area contributed by atoms with Gasteiger partial charge in [-0.05, 0) is 31.5 Å². The maximum Gasteiger partial charge on any atom is 0.422 e. The van der Waals surface area contributed by atoms with E-state index in [0.717, 1.165) is 18.2 Å². The molecule has 2 amide bonds. The lowest BCUT2D eigenvalue weighted by atomic mass is 10.1. The standard InChI is InChI=1S/C21H19F7N2O2S/c1-3-4-8-13(31)29-11-6-5-7-12(9-11)33-10(2)20(32)30-19-17(24)15(22)14(21(26,27)28)16(23)18(19)25/h5-7,9-10H,3-4,8H2,1-2H3,(H,29,31)(H,30,32). The van der Waals surface area contributed by atoms with Crippen LogP contribution in [0.2, 0.25) is 0 Å². The zero-order valence-corrected chi connectivity index (χ0v) is 18.2. The fraction of sp³-hybridized carbons (Fsp3) is 0.333. The third-order valence-corrected chi connectivity index (χ3v) is 5.45. The van der Waals surface area contributed by atoms with Gasteiger partial charge < -0.3 is 10.6 Å². The molecule has 0 fully saturated rings. The number of alkyl halides is 3. The number of anilines is 2. The number of nitrogens with one attached hydrogen (secondary N) is 2. The molecular formula is C21H19F7N2O2S. The second-order valence-electron chi connectivity index (χ2n) is 6.93. The number of rotatable bonds is 8. The molecule has 33 heavy (non-hydrogen) atoms. The Hall–Kier alpha value is -2.76. The Bertz CT molecular complexity index is 1010. The van der Waals surface area contributed by atoms with E-state index in [9.17, 15) is 40.3 Å². The Morgan fingerprint density at radius 3 is 2.15 bits per heavy atom. The number of unbranched alkanes of at least 4 members (excludes halogenated alkanes) is 1. The van der Waals surface area contributed by atoms with Gasteiger partial charge in [0.15, 0.2) is 23.3 Å². The van der Waals surface area contributed by atoms with Crippen molar-refractivity contribution in [2.24, 2.45) is 0 Å². The highest BCUT2D eigenvalue weighted by atomic mass is 32.2. The van der Waals surface area contributed by atoms with E-state index in [1.807, 2.05) is 6.92 Å². The molecule has 2 rings (SSSR count). The first-order valence-electron chi connectivity index (χ1n) is 9.67. The van der Waals surface area contributed by atoms with E-state index < -0.39 is 51.9 Å². The van der Waals surface area contributed by atoms with Gasteiger partial charge in [-0.25, -0.2) is 17.6 Å². The van der Waals surface area contributed by atoms with Gasteiger partial charge in [-0.1, -0.05) is 19.4 Å². The van der Waals surface area contributed by atoms with Gasteiger partial charge in [-0.15, -0.1) is 11.8 Å². The molecule has 0 aliphatic heterocycles. The highest BCUT2D eigenvalue weighted by molar-refractivity contribution is 8.00. The number of halogens is 7. The summed E-state index contributed by atoms with van der Waals surface area (Å²) >= 11 is 0.882. The SMILES string of the molecule is CCCCC(=O)Nc1cccc(SC(C)C(=O)Nc2c(F)c(F)c(C(F)(F)F)c(F)c2F)c1. The first-order valence-corrected chi connectivity index (χ1v) is 10.5. The van der Waals surface area contributed by atoms with Gasteiger partial charge in [0.05, 0.1) is 5.25 Å². The lowest BCUT2D eigenvalue weighted by Crippen LogP contribution is -2.25. The van der Waals surface area contributed by atoms with E-state index in [0.29, 0.717) is 23.4 Å². The summed E-state index contributed by atoms with van der Waals surface area (Å²) in [6.07, 6.45) is -3.82. The molecule has 2 N–H and O–H groups in total. The van der Waals surface area contributed by atoms with E-state index in [1.165, 1.54) is 13.0 Å². The number of benzene rings is 2. The molecule has 0 saturated carbocycles. The fourth-order valence-corrected chi connectivity index (χ4v) is 3.61. The number of hydrogen-bond acceptors (Lipinski definition) is 3. The van der Waals surface area contributed by atoms with Gasteiger partial charge in [-0.2, -0.15) is 13.2 Å². The Kier molecular flexibility index (Phi) is 8.76. The van der Waals surface area contributed by atoms with Crippen molar-refractivity contribution in [3.63, 3.8) is 0 Å². The summed E-state index contributed by atoms with van der Waals surface area (Å²) < 4.78 is 93.5. The van der Waals surface area contributed by atoms with Crippen LogP contribution in [0, 0.1) is 23.3 Å². The molecule has 4 nitrogen and oxygen atoms in total. The minimum Gasteiger partial charge on any atom is -0.326 e. The van der Waals surface area contributed by atoms with E-state index in [-0.39, 0.29) is 5.91 Å². The van der Waals surface area contributed by atoms with Crippen LogP contribution in [0.15, 0.2) is 29.2 Å². The number of carbonyl (C=O) groups excluding carboxylic acids is 2. The predicted octanol–water partition coefficient (Wildman–Crippen LogP) is 6.51. The lowest BCUT2D eigenvalue weighted by Gasteiger charge is -2.16. The summed E-state index contributed by atoms with van der Waals surface area (Å²) in [4.78, 5) is 24.6. The molecule has 180 valence electrons. The van der Waals surface area contributed by atoms with Crippen molar-refractivity contribution in [2.75, 3.05) is 10.6 Å². The van der Waals surface area contributed by atoms with Crippen LogP contribution < -0.4 is 10.6 Å². The Morgan fingerprint density at radius 2 is 1.61 bits per heavy atom. The van der Waals surface area contributed by atoms with Crippen LogP contribution in [0.4, 0.5) is 42.1 Å². The zero-order chi connectivity index (χ0) is 24.9. The summed E-state index contributed by atoms with van der Waals surface area (Å²) in [6.45, 7) is 3.24. The van der Waals surface area contributed by atoms with Gasteiger partial charge in [0, 0.05) is 17.0 Å². The van der Waals surface area contributed by atoms with Gasteiger partial charge >= 0.3 is 6.18 Å². The molecule has 0 bridgehead atoms. The largest absolute Gasteiger partial charge is 0.422 e. The molecule has 0 spiro atoms. The predicted molar refractivity (Wildman–Crippen MR) is 110 cm³/mol. The van der Waals surface area contributed by atoms with Crippen molar-refractivity contribution in [3.8, 4) is 0 Å². The van der Waals surface area contributed by atoms with Crippen LogP contribution in [-0.4, -0.2) is 17.1 Å². The van der Waals surface area contributed by atoms with Crippen LogP contribution in [0.3, 0.4) is 0 Å². The molecule has 0 saturated heterocycles. The van der Waals surface area contributed by atoms with Crippen molar-refractivity contribution < 1.29 is 40.3 Å². The quantitative estimate of drug-likeness (QED) is 0.249. The first kappa shape index (κ1) is 26.5. The van der Waals surface area contributed by atoms with Crippen LogP contribution in [0.25, 0.3) is 0 Å². The molecule has 0 aliphatic rings. The van der Waals surface area contributed by atoms with E-state index >= 15 is 0 Å². The summed E-state index contributed by atoms with van der Waals surface area (Å²) in [5.41, 5.74) is -3.94. The average molecular weight is 496 g/mol. The average Bonchev–Trinajstić information content (AvgIpc) is 2.73. The monoisotopic (exact) mass is 496 g/mol. The molecule has 0 radical (unpaired) electrons. The van der Waals surface area contributed by atoms with E-state index in [2.05, 4.69) is 5.32 Å². The van der Waals surface area contributed by atoms with Gasteiger partial charge in [0.2, 0.25) is 11.8 Å². The van der Waals surface area contributed by atoms with Crippen LogP contribution in [-0.2, 0) is 15.8 Å². The first-order chi connectivity index (χ1) is 15.4. The summed E-state index contributed by atoms with van der Waals surface area (Å²) in [5.74, 6) is -11.4. The maximum atomic E-state index is 14.0. The van der Waals surface area contributed by atoms with Gasteiger partial charge in [-0.3, -0.25) is 9.59 Å². The second kappa shape index (κ2) is 10.9. The summed E-state index contributed by atoms with van der Waals surface area (Å²) in [7, 11) is 0. The fourth-order valence-electron chi connectivity index (χ4n) is 2.68. The van der Waals surface area contributed by atoms with E-state index in [1.54, 1.807) is 23.5 Å². The summed E-state index contributed by atoms with van der Waals surface area (Å²) in [5, 5.41) is 3.20. The molecule has 2 aromatic rings. The van der Waals surface area contributed by atoms with E-state index in [4.69, 9.17) is 0 Å². The van der Waals surface area contributed by atoms with Crippen molar-refractivity contribution in [2.45, 2.75) is 49.4 Å². The van der Waals surface area contributed by atoms with Crippen LogP contribution in [0.1, 0.15) is 38.7 Å². The van der Waals surface area contributed by atoms with Crippen LogP contribution >= 0.6 is 11.8 Å². The minimum absolute atomic E-state index is 0.206. The number of thioether (sulfide) groups is 1. The highest BCUT2D eigenvalue weighted by Gasteiger charge is 2.42. The number of carbonyl (C=O) groups is 2. The lowest BCUT2D eigenvalue weighted by molar-refractivity contribution is -0.143. The second-order valence-corrected chi connectivity index (χ2v) is 8.35.